The van der Waals surface area contributed by atoms with Gasteiger partial charge in [-0.1, -0.05) is 38.5 Å². The molecule has 17 heavy (non-hydrogen) atoms. The molecule has 3 heteroatoms. The van der Waals surface area contributed by atoms with Gasteiger partial charge in [-0.25, -0.2) is 0 Å². The molecule has 0 bridgehead atoms. The summed E-state index contributed by atoms with van der Waals surface area (Å²) in [5.74, 6) is 7.35. The first-order chi connectivity index (χ1) is 8.24. The maximum absolute atomic E-state index is 5.96. The van der Waals surface area contributed by atoms with Gasteiger partial charge in [0.15, 0.2) is 0 Å². The summed E-state index contributed by atoms with van der Waals surface area (Å²) in [7, 11) is 0. The lowest BCUT2D eigenvalue weighted by Gasteiger charge is -2.24. The lowest BCUT2D eigenvalue weighted by atomic mass is 9.94. The number of benzene rings is 1. The summed E-state index contributed by atoms with van der Waals surface area (Å²) in [6, 6.07) is 8.47. The van der Waals surface area contributed by atoms with E-state index in [1.807, 2.05) is 12.1 Å². The topological polar surface area (TPSA) is 47.3 Å². The SMILES string of the molecule is CCC(C)CC(NN)C1Cc2ccccc2O1. The highest BCUT2D eigenvalue weighted by Crippen LogP contribution is 2.30. The third-order valence-corrected chi connectivity index (χ3v) is 3.69. The Morgan fingerprint density at radius 1 is 1.47 bits per heavy atom. The molecule has 0 aromatic heterocycles. The maximum Gasteiger partial charge on any atom is 0.123 e. The number of hydrazine groups is 1. The van der Waals surface area contributed by atoms with Gasteiger partial charge in [0, 0.05) is 6.42 Å². The number of nitrogens with one attached hydrogen (secondary N) is 1. The summed E-state index contributed by atoms with van der Waals surface area (Å²) >= 11 is 0. The molecular weight excluding hydrogens is 212 g/mol. The number of ether oxygens (including phenoxy) is 1. The molecular formula is C14H22N2O. The van der Waals surface area contributed by atoms with Crippen LogP contribution in [0.1, 0.15) is 32.3 Å². The first kappa shape index (κ1) is 12.4. The summed E-state index contributed by atoms with van der Waals surface area (Å²) in [6.45, 7) is 4.47. The molecule has 0 aliphatic carbocycles. The Kier molecular flexibility index (Phi) is 4.02. The van der Waals surface area contributed by atoms with Gasteiger partial charge in [0.25, 0.3) is 0 Å². The number of hydrogen-bond acceptors (Lipinski definition) is 3. The molecule has 94 valence electrons. The van der Waals surface area contributed by atoms with Gasteiger partial charge in [-0.15, -0.1) is 0 Å². The van der Waals surface area contributed by atoms with Crippen LogP contribution in [0.2, 0.25) is 0 Å². The Morgan fingerprint density at radius 2 is 2.24 bits per heavy atom. The fourth-order valence-corrected chi connectivity index (χ4v) is 2.36. The van der Waals surface area contributed by atoms with Crippen LogP contribution in [0.15, 0.2) is 24.3 Å². The van der Waals surface area contributed by atoms with Crippen LogP contribution in [-0.2, 0) is 6.42 Å². The molecule has 1 heterocycles. The van der Waals surface area contributed by atoms with Gasteiger partial charge in [-0.3, -0.25) is 11.3 Å². The van der Waals surface area contributed by atoms with Crippen LogP contribution in [0.4, 0.5) is 0 Å². The molecule has 1 aromatic rings. The molecule has 0 saturated heterocycles. The van der Waals surface area contributed by atoms with Crippen LogP contribution >= 0.6 is 0 Å². The standard InChI is InChI=1S/C14H22N2O/c1-3-10(2)8-12(16-15)14-9-11-6-4-5-7-13(11)17-14/h4-7,10,12,14,16H,3,8-9,15H2,1-2H3. The van der Waals surface area contributed by atoms with E-state index in [1.165, 1.54) is 12.0 Å². The highest BCUT2D eigenvalue weighted by atomic mass is 16.5. The molecule has 3 nitrogen and oxygen atoms in total. The normalized spacial score (nSPS) is 21.7. The molecule has 2 rings (SSSR count). The van der Waals surface area contributed by atoms with Crippen molar-refractivity contribution in [1.82, 2.24) is 5.43 Å². The van der Waals surface area contributed by atoms with Gasteiger partial charge in [-0.2, -0.15) is 0 Å². The Bertz CT molecular complexity index is 342. The number of hydrogen-bond donors (Lipinski definition) is 2. The molecule has 0 spiro atoms. The third kappa shape index (κ3) is 2.79. The Morgan fingerprint density at radius 3 is 2.88 bits per heavy atom. The molecule has 0 fully saturated rings. The second-order valence-corrected chi connectivity index (χ2v) is 4.99. The lowest BCUT2D eigenvalue weighted by molar-refractivity contribution is 0.161. The van der Waals surface area contributed by atoms with E-state index in [0.29, 0.717) is 5.92 Å². The third-order valence-electron chi connectivity index (χ3n) is 3.69. The average molecular weight is 234 g/mol. The van der Waals surface area contributed by atoms with Crippen LogP contribution in [0.5, 0.6) is 5.75 Å². The van der Waals surface area contributed by atoms with E-state index in [4.69, 9.17) is 10.6 Å². The average Bonchev–Trinajstić information content (AvgIpc) is 2.78. The predicted molar refractivity (Wildman–Crippen MR) is 69.7 cm³/mol. The molecule has 1 aliphatic rings. The second kappa shape index (κ2) is 5.52. The Balaban J connectivity index is 2.00. The van der Waals surface area contributed by atoms with Crippen molar-refractivity contribution in [2.75, 3.05) is 0 Å². The van der Waals surface area contributed by atoms with E-state index in [-0.39, 0.29) is 12.1 Å². The molecule has 1 aliphatic heterocycles. The highest BCUT2D eigenvalue weighted by Gasteiger charge is 2.30. The fraction of sp³-hybridized carbons (Fsp3) is 0.571. The minimum Gasteiger partial charge on any atom is -0.488 e. The van der Waals surface area contributed by atoms with E-state index in [9.17, 15) is 0 Å². The fourth-order valence-electron chi connectivity index (χ4n) is 2.36. The van der Waals surface area contributed by atoms with E-state index in [1.54, 1.807) is 0 Å². The zero-order valence-corrected chi connectivity index (χ0v) is 10.6. The molecule has 0 amide bonds. The van der Waals surface area contributed by atoms with Crippen molar-refractivity contribution < 1.29 is 4.74 Å². The van der Waals surface area contributed by atoms with Gasteiger partial charge in [0.2, 0.25) is 0 Å². The van der Waals surface area contributed by atoms with Crippen molar-refractivity contribution in [1.29, 1.82) is 0 Å². The van der Waals surface area contributed by atoms with Crippen molar-refractivity contribution in [3.63, 3.8) is 0 Å². The summed E-state index contributed by atoms with van der Waals surface area (Å²) < 4.78 is 5.96. The number of rotatable bonds is 5. The van der Waals surface area contributed by atoms with E-state index in [2.05, 4.69) is 31.4 Å². The minimum atomic E-state index is 0.173. The van der Waals surface area contributed by atoms with E-state index >= 15 is 0 Å². The van der Waals surface area contributed by atoms with E-state index < -0.39 is 0 Å². The first-order valence-corrected chi connectivity index (χ1v) is 6.45. The lowest BCUT2D eigenvalue weighted by Crippen LogP contribution is -2.46. The molecule has 0 saturated carbocycles. The van der Waals surface area contributed by atoms with Crippen LogP contribution in [-0.4, -0.2) is 12.1 Å². The quantitative estimate of drug-likeness (QED) is 0.607. The summed E-state index contributed by atoms with van der Waals surface area (Å²) in [5, 5.41) is 0. The highest BCUT2D eigenvalue weighted by molar-refractivity contribution is 5.37. The van der Waals surface area contributed by atoms with Crippen molar-refractivity contribution in [3.8, 4) is 5.75 Å². The maximum atomic E-state index is 5.96. The monoisotopic (exact) mass is 234 g/mol. The number of para-hydroxylation sites is 1. The van der Waals surface area contributed by atoms with Gasteiger partial charge in [0.05, 0.1) is 6.04 Å². The molecule has 1 aromatic carbocycles. The van der Waals surface area contributed by atoms with Gasteiger partial charge < -0.3 is 4.74 Å². The van der Waals surface area contributed by atoms with Crippen LogP contribution in [0.3, 0.4) is 0 Å². The summed E-state index contributed by atoms with van der Waals surface area (Å²) in [5.41, 5.74) is 4.21. The number of nitrogens with two attached hydrogens (primary N) is 1. The largest absolute Gasteiger partial charge is 0.488 e. The molecule has 3 atom stereocenters. The Hall–Kier alpha value is -1.06. The summed E-state index contributed by atoms with van der Waals surface area (Å²) in [4.78, 5) is 0. The van der Waals surface area contributed by atoms with Gasteiger partial charge in [0.1, 0.15) is 11.9 Å². The number of fused-ring (bicyclic) bond motifs is 1. The zero-order valence-electron chi connectivity index (χ0n) is 10.6. The first-order valence-electron chi connectivity index (χ1n) is 6.45. The van der Waals surface area contributed by atoms with Crippen LogP contribution < -0.4 is 16.0 Å². The van der Waals surface area contributed by atoms with Gasteiger partial charge in [-0.05, 0) is 24.0 Å². The van der Waals surface area contributed by atoms with Crippen LogP contribution in [0, 0.1) is 5.92 Å². The van der Waals surface area contributed by atoms with Crippen LogP contribution in [0.25, 0.3) is 0 Å². The molecule has 0 radical (unpaired) electrons. The van der Waals surface area contributed by atoms with E-state index in [0.717, 1.165) is 18.6 Å². The smallest absolute Gasteiger partial charge is 0.123 e. The van der Waals surface area contributed by atoms with Crippen molar-refractivity contribution >= 4 is 0 Å². The molecule has 3 N–H and O–H groups in total. The molecule has 3 unspecified atom stereocenters. The van der Waals surface area contributed by atoms with Gasteiger partial charge >= 0.3 is 0 Å². The minimum absolute atomic E-state index is 0.173. The predicted octanol–water partition coefficient (Wildman–Crippen LogP) is 2.26. The summed E-state index contributed by atoms with van der Waals surface area (Å²) in [6.07, 6.45) is 3.37. The van der Waals surface area contributed by atoms with Crippen molar-refractivity contribution in [2.45, 2.75) is 45.3 Å². The Labute approximate surface area is 103 Å². The zero-order chi connectivity index (χ0) is 12.3. The van der Waals surface area contributed by atoms with Crippen molar-refractivity contribution in [2.24, 2.45) is 11.8 Å². The second-order valence-electron chi connectivity index (χ2n) is 4.99. The van der Waals surface area contributed by atoms with Crippen molar-refractivity contribution in [3.05, 3.63) is 29.8 Å².